The van der Waals surface area contributed by atoms with Crippen molar-refractivity contribution in [1.29, 1.82) is 0 Å². The summed E-state index contributed by atoms with van der Waals surface area (Å²) in [5, 5.41) is 3.42. The largest absolute Gasteiger partial charge is 0.466 e. The average Bonchev–Trinajstić information content (AvgIpc) is 2.43. The molecule has 0 aromatic heterocycles. The fraction of sp³-hybridized carbons (Fsp3) is 0.562. The van der Waals surface area contributed by atoms with Gasteiger partial charge in [-0.3, -0.25) is 4.79 Å². The number of nitrogens with one attached hydrogen (secondary N) is 1. The molecule has 0 fully saturated rings. The van der Waals surface area contributed by atoms with E-state index in [0.717, 1.165) is 32.4 Å². The summed E-state index contributed by atoms with van der Waals surface area (Å²) in [6, 6.07) is 8.59. The second-order valence-corrected chi connectivity index (χ2v) is 4.80. The van der Waals surface area contributed by atoms with Gasteiger partial charge in [0.1, 0.15) is 0 Å². The number of esters is 1. The molecule has 1 N–H and O–H groups in total. The molecule has 0 aliphatic rings. The number of unbranched alkanes of at least 4 members (excludes halogenated alkanes) is 2. The lowest BCUT2D eigenvalue weighted by Crippen LogP contribution is -2.14. The lowest BCUT2D eigenvalue weighted by molar-refractivity contribution is -0.143. The van der Waals surface area contributed by atoms with Crippen LogP contribution in [0.1, 0.15) is 43.7 Å². The summed E-state index contributed by atoms with van der Waals surface area (Å²) in [4.78, 5) is 10.9. The van der Waals surface area contributed by atoms with Gasteiger partial charge in [0.25, 0.3) is 0 Å². The van der Waals surface area contributed by atoms with Gasteiger partial charge in [-0.25, -0.2) is 0 Å². The Hall–Kier alpha value is -1.35. The molecule has 0 saturated heterocycles. The van der Waals surface area contributed by atoms with Crippen LogP contribution in [0.15, 0.2) is 24.3 Å². The summed E-state index contributed by atoms with van der Waals surface area (Å²) in [5.74, 6) is -0.0995. The smallest absolute Gasteiger partial charge is 0.305 e. The van der Waals surface area contributed by atoms with Gasteiger partial charge in [0.05, 0.1) is 6.61 Å². The van der Waals surface area contributed by atoms with Gasteiger partial charge < -0.3 is 10.1 Å². The first-order valence-corrected chi connectivity index (χ1v) is 7.14. The van der Waals surface area contributed by atoms with Crippen molar-refractivity contribution in [2.45, 2.75) is 46.1 Å². The van der Waals surface area contributed by atoms with Crippen molar-refractivity contribution in [3.63, 3.8) is 0 Å². The summed E-state index contributed by atoms with van der Waals surface area (Å²) in [7, 11) is 0. The molecule has 3 heteroatoms. The third-order valence-corrected chi connectivity index (χ3v) is 3.00. The van der Waals surface area contributed by atoms with Crippen molar-refractivity contribution in [2.24, 2.45) is 0 Å². The van der Waals surface area contributed by atoms with Crippen molar-refractivity contribution in [3.05, 3.63) is 35.4 Å². The zero-order chi connectivity index (χ0) is 13.9. The number of ether oxygens (including phenoxy) is 1. The molecule has 3 nitrogen and oxygen atoms in total. The van der Waals surface area contributed by atoms with Gasteiger partial charge in [-0.15, -0.1) is 0 Å². The number of carbonyl (C=O) groups excluding carboxylic acids is 1. The number of rotatable bonds is 9. The van der Waals surface area contributed by atoms with Crippen LogP contribution >= 0.6 is 0 Å². The van der Waals surface area contributed by atoms with Crippen molar-refractivity contribution in [1.82, 2.24) is 5.32 Å². The van der Waals surface area contributed by atoms with Gasteiger partial charge in [0.15, 0.2) is 0 Å². The van der Waals surface area contributed by atoms with E-state index in [4.69, 9.17) is 4.74 Å². The molecule has 0 radical (unpaired) electrons. The van der Waals surface area contributed by atoms with E-state index in [1.54, 1.807) is 0 Å². The lowest BCUT2D eigenvalue weighted by atomic mass is 10.1. The first-order valence-electron chi connectivity index (χ1n) is 7.14. The lowest BCUT2D eigenvalue weighted by Gasteiger charge is -2.06. The average molecular weight is 263 g/mol. The fourth-order valence-corrected chi connectivity index (χ4v) is 1.76. The van der Waals surface area contributed by atoms with Crippen molar-refractivity contribution < 1.29 is 9.53 Å². The molecule has 0 spiro atoms. The summed E-state index contributed by atoms with van der Waals surface area (Å²) in [6.45, 7) is 6.41. The molecule has 0 saturated carbocycles. The van der Waals surface area contributed by atoms with Crippen LogP contribution in [0.3, 0.4) is 0 Å². The van der Waals surface area contributed by atoms with Gasteiger partial charge in [0.2, 0.25) is 0 Å². The highest BCUT2D eigenvalue weighted by Gasteiger charge is 1.97. The van der Waals surface area contributed by atoms with Gasteiger partial charge in [-0.05, 0) is 38.3 Å². The first-order chi connectivity index (χ1) is 9.22. The van der Waals surface area contributed by atoms with Crippen molar-refractivity contribution in [2.75, 3.05) is 13.2 Å². The highest BCUT2D eigenvalue weighted by molar-refractivity contribution is 5.68. The minimum absolute atomic E-state index is 0.0995. The molecule has 0 atom stereocenters. The van der Waals surface area contributed by atoms with Crippen LogP contribution in [-0.2, 0) is 16.1 Å². The fourth-order valence-electron chi connectivity index (χ4n) is 1.76. The van der Waals surface area contributed by atoms with Crippen LogP contribution in [0.5, 0.6) is 0 Å². The van der Waals surface area contributed by atoms with Crippen molar-refractivity contribution >= 4 is 5.97 Å². The van der Waals surface area contributed by atoms with Crippen LogP contribution < -0.4 is 5.32 Å². The van der Waals surface area contributed by atoms with Crippen molar-refractivity contribution in [3.8, 4) is 0 Å². The second-order valence-electron chi connectivity index (χ2n) is 4.80. The third kappa shape index (κ3) is 7.62. The Kier molecular flexibility index (Phi) is 7.91. The molecule has 1 rings (SSSR count). The molecule has 0 heterocycles. The molecular formula is C16H25NO2. The van der Waals surface area contributed by atoms with Gasteiger partial charge in [-0.1, -0.05) is 36.8 Å². The predicted octanol–water partition coefficient (Wildman–Crippen LogP) is 3.21. The minimum Gasteiger partial charge on any atom is -0.466 e. The molecule has 19 heavy (non-hydrogen) atoms. The van der Waals surface area contributed by atoms with Gasteiger partial charge in [-0.2, -0.15) is 0 Å². The highest BCUT2D eigenvalue weighted by atomic mass is 16.5. The monoisotopic (exact) mass is 263 g/mol. The van der Waals surface area contributed by atoms with Crippen LogP contribution in [0.4, 0.5) is 0 Å². The molecule has 1 aromatic carbocycles. The Bertz CT molecular complexity index is 360. The van der Waals surface area contributed by atoms with Crippen LogP contribution in [0.25, 0.3) is 0 Å². The van der Waals surface area contributed by atoms with E-state index in [0.29, 0.717) is 13.0 Å². The first kappa shape index (κ1) is 15.7. The second kappa shape index (κ2) is 9.56. The molecule has 0 bridgehead atoms. The van der Waals surface area contributed by atoms with E-state index in [1.807, 2.05) is 6.92 Å². The predicted molar refractivity (Wildman–Crippen MR) is 78.0 cm³/mol. The Morgan fingerprint density at radius 1 is 1.16 bits per heavy atom. The SMILES string of the molecule is CCC(=O)OCCCCCNCc1ccc(C)cc1. The van der Waals surface area contributed by atoms with Gasteiger partial charge in [0, 0.05) is 13.0 Å². The number of benzene rings is 1. The third-order valence-electron chi connectivity index (χ3n) is 3.00. The highest BCUT2D eigenvalue weighted by Crippen LogP contribution is 2.02. The van der Waals surface area contributed by atoms with E-state index >= 15 is 0 Å². The topological polar surface area (TPSA) is 38.3 Å². The Labute approximate surface area is 116 Å². The maximum absolute atomic E-state index is 10.9. The van der Waals surface area contributed by atoms with E-state index < -0.39 is 0 Å². The molecule has 0 aliphatic carbocycles. The van der Waals surface area contributed by atoms with E-state index in [9.17, 15) is 4.79 Å². The zero-order valence-electron chi connectivity index (χ0n) is 12.1. The maximum atomic E-state index is 10.9. The van der Waals surface area contributed by atoms with Crippen LogP contribution in [0.2, 0.25) is 0 Å². The standard InChI is InChI=1S/C16H25NO2/c1-3-16(18)19-12-6-4-5-11-17-13-15-9-7-14(2)8-10-15/h7-10,17H,3-6,11-13H2,1-2H3. The summed E-state index contributed by atoms with van der Waals surface area (Å²) >= 11 is 0. The summed E-state index contributed by atoms with van der Waals surface area (Å²) < 4.78 is 5.02. The van der Waals surface area contributed by atoms with E-state index in [2.05, 4.69) is 36.5 Å². The Morgan fingerprint density at radius 3 is 2.58 bits per heavy atom. The number of carbonyl (C=O) groups is 1. The summed E-state index contributed by atoms with van der Waals surface area (Å²) in [6.07, 6.45) is 3.64. The van der Waals surface area contributed by atoms with Gasteiger partial charge >= 0.3 is 5.97 Å². The molecule has 0 amide bonds. The normalized spacial score (nSPS) is 10.4. The number of hydrogen-bond donors (Lipinski definition) is 1. The van der Waals surface area contributed by atoms with E-state index in [1.165, 1.54) is 11.1 Å². The summed E-state index contributed by atoms with van der Waals surface area (Å²) in [5.41, 5.74) is 2.62. The molecule has 0 unspecified atom stereocenters. The minimum atomic E-state index is -0.0995. The maximum Gasteiger partial charge on any atom is 0.305 e. The quantitative estimate of drug-likeness (QED) is 0.549. The molecule has 1 aromatic rings. The Balaban J connectivity index is 1.94. The Morgan fingerprint density at radius 2 is 1.89 bits per heavy atom. The number of hydrogen-bond acceptors (Lipinski definition) is 3. The molecule has 0 aliphatic heterocycles. The zero-order valence-corrected chi connectivity index (χ0v) is 12.1. The van der Waals surface area contributed by atoms with Crippen LogP contribution in [-0.4, -0.2) is 19.1 Å². The molecular weight excluding hydrogens is 238 g/mol. The number of aryl methyl sites for hydroxylation is 1. The van der Waals surface area contributed by atoms with Crippen LogP contribution in [0, 0.1) is 6.92 Å². The van der Waals surface area contributed by atoms with E-state index in [-0.39, 0.29) is 5.97 Å². The molecule has 106 valence electrons.